The number of nitrogens with one attached hydrogen (secondary N) is 1. The summed E-state index contributed by atoms with van der Waals surface area (Å²) < 4.78 is 26.4. The minimum absolute atomic E-state index is 0.0559. The van der Waals surface area contributed by atoms with Crippen molar-refractivity contribution >= 4 is 56.4 Å². The number of sulfonamides is 1. The summed E-state index contributed by atoms with van der Waals surface area (Å²) in [5.41, 5.74) is 0.960. The van der Waals surface area contributed by atoms with E-state index in [0.29, 0.717) is 23.6 Å². The Hall–Kier alpha value is -3.67. The molecule has 0 saturated heterocycles. The summed E-state index contributed by atoms with van der Waals surface area (Å²) in [6, 6.07) is 17.9. The van der Waals surface area contributed by atoms with E-state index in [0.717, 1.165) is 22.2 Å². The summed E-state index contributed by atoms with van der Waals surface area (Å²) in [6.07, 6.45) is 1.72. The number of nitrogens with zero attached hydrogens (tertiary/aromatic N) is 3. The monoisotopic (exact) mass is 620 g/mol. The molecule has 0 aliphatic heterocycles. The predicted molar refractivity (Wildman–Crippen MR) is 160 cm³/mol. The molecule has 0 saturated carbocycles. The normalized spacial score (nSPS) is 11.9. The summed E-state index contributed by atoms with van der Waals surface area (Å²) in [7, 11) is -4.07. The van der Waals surface area contributed by atoms with Crippen molar-refractivity contribution in [2.45, 2.75) is 32.4 Å². The van der Waals surface area contributed by atoms with Gasteiger partial charge in [0.1, 0.15) is 12.6 Å². The second-order valence-corrected chi connectivity index (χ2v) is 12.0. The van der Waals surface area contributed by atoms with E-state index in [2.05, 4.69) is 5.32 Å². The van der Waals surface area contributed by atoms with Gasteiger partial charge in [0.15, 0.2) is 0 Å². The van der Waals surface area contributed by atoms with Gasteiger partial charge in [-0.15, -0.1) is 0 Å². The lowest BCUT2D eigenvalue weighted by Crippen LogP contribution is -2.53. The summed E-state index contributed by atoms with van der Waals surface area (Å²) >= 11 is 12.3. The second-order valence-electron chi connectivity index (χ2n) is 9.31. The molecule has 0 aromatic heterocycles. The van der Waals surface area contributed by atoms with Gasteiger partial charge in [-0.1, -0.05) is 72.6 Å². The van der Waals surface area contributed by atoms with Gasteiger partial charge in [-0.25, -0.2) is 8.42 Å². The highest BCUT2D eigenvalue weighted by Gasteiger charge is 2.33. The number of hydrogen-bond donors (Lipinski definition) is 1. The third kappa shape index (κ3) is 8.91. The maximum Gasteiger partial charge on any atom is 0.271 e. The molecule has 0 fully saturated rings. The first-order chi connectivity index (χ1) is 19.4. The van der Waals surface area contributed by atoms with E-state index in [-0.39, 0.29) is 29.4 Å². The third-order valence-corrected chi connectivity index (χ3v) is 8.04. The van der Waals surface area contributed by atoms with Crippen LogP contribution >= 0.6 is 23.2 Å². The average molecular weight is 622 g/mol. The topological polar surface area (TPSA) is 130 Å². The number of benzene rings is 3. The number of nitro benzene ring substituents is 1. The molecule has 0 bridgehead atoms. The van der Waals surface area contributed by atoms with Crippen molar-refractivity contribution in [3.8, 4) is 0 Å². The van der Waals surface area contributed by atoms with Gasteiger partial charge in [0, 0.05) is 31.6 Å². The van der Waals surface area contributed by atoms with Crippen LogP contribution < -0.4 is 9.62 Å². The van der Waals surface area contributed by atoms with Crippen LogP contribution in [0.3, 0.4) is 0 Å². The molecule has 3 rings (SSSR count). The molecule has 0 heterocycles. The zero-order chi connectivity index (χ0) is 30.2. The van der Waals surface area contributed by atoms with Crippen LogP contribution in [-0.4, -0.2) is 55.4 Å². The number of carbonyl (C=O) groups is 2. The van der Waals surface area contributed by atoms with E-state index < -0.39 is 39.3 Å². The first kappa shape index (κ1) is 31.9. The maximum atomic E-state index is 14.0. The van der Waals surface area contributed by atoms with E-state index >= 15 is 0 Å². The molecule has 0 radical (unpaired) electrons. The molecule has 1 N–H and O–H groups in total. The SMILES string of the molecule is CCCNC(=O)[C@H](Cc1ccccc1)N(Cc1ccc(Cl)c(Cl)c1)C(=O)CN(c1cccc([N+](=O)[O-])c1)S(C)(=O)=O. The fraction of sp³-hybridized carbons (Fsp3) is 0.286. The number of anilines is 1. The van der Waals surface area contributed by atoms with Crippen LogP contribution in [0.1, 0.15) is 24.5 Å². The predicted octanol–water partition coefficient (Wildman–Crippen LogP) is 4.83. The van der Waals surface area contributed by atoms with Crippen molar-refractivity contribution in [2.24, 2.45) is 0 Å². The van der Waals surface area contributed by atoms with Crippen LogP contribution in [0.15, 0.2) is 72.8 Å². The molecule has 1 atom stereocenters. The average Bonchev–Trinajstić information content (AvgIpc) is 2.94. The Kier molecular flexibility index (Phi) is 11.1. The largest absolute Gasteiger partial charge is 0.354 e. The van der Waals surface area contributed by atoms with Gasteiger partial charge in [-0.05, 0) is 35.7 Å². The lowest BCUT2D eigenvalue weighted by Gasteiger charge is -2.33. The Balaban J connectivity index is 2.08. The Morgan fingerprint density at radius 3 is 2.29 bits per heavy atom. The van der Waals surface area contributed by atoms with Crippen LogP contribution in [-0.2, 0) is 32.6 Å². The summed E-state index contributed by atoms with van der Waals surface area (Å²) in [4.78, 5) is 39.5. The van der Waals surface area contributed by atoms with Crippen LogP contribution in [0, 0.1) is 10.1 Å². The highest BCUT2D eigenvalue weighted by atomic mass is 35.5. The van der Waals surface area contributed by atoms with Gasteiger partial charge in [-0.2, -0.15) is 0 Å². The number of hydrogen-bond acceptors (Lipinski definition) is 6. The highest BCUT2D eigenvalue weighted by molar-refractivity contribution is 7.92. The highest BCUT2D eigenvalue weighted by Crippen LogP contribution is 2.26. The van der Waals surface area contributed by atoms with Gasteiger partial charge < -0.3 is 10.2 Å². The van der Waals surface area contributed by atoms with Gasteiger partial charge >= 0.3 is 0 Å². The summed E-state index contributed by atoms with van der Waals surface area (Å²) in [5, 5.41) is 14.7. The Bertz CT molecular complexity index is 1500. The molecule has 0 aliphatic carbocycles. The molecule has 0 aliphatic rings. The Morgan fingerprint density at radius 1 is 0.976 bits per heavy atom. The molecule has 0 spiro atoms. The molecule has 3 aromatic carbocycles. The first-order valence-electron chi connectivity index (χ1n) is 12.7. The molecular weight excluding hydrogens is 591 g/mol. The smallest absolute Gasteiger partial charge is 0.271 e. The van der Waals surface area contributed by atoms with E-state index in [4.69, 9.17) is 23.2 Å². The van der Waals surface area contributed by atoms with Gasteiger partial charge in [-0.3, -0.25) is 24.0 Å². The van der Waals surface area contributed by atoms with Crippen LogP contribution in [0.25, 0.3) is 0 Å². The quantitative estimate of drug-likeness (QED) is 0.215. The number of amides is 2. The first-order valence-corrected chi connectivity index (χ1v) is 15.3. The molecule has 10 nitrogen and oxygen atoms in total. The zero-order valence-corrected chi connectivity index (χ0v) is 24.8. The number of non-ortho nitro benzene ring substituents is 1. The van der Waals surface area contributed by atoms with Crippen molar-refractivity contribution < 1.29 is 22.9 Å². The Morgan fingerprint density at radius 2 is 1.68 bits per heavy atom. The number of halogens is 2. The van der Waals surface area contributed by atoms with E-state index in [1.165, 1.54) is 23.1 Å². The third-order valence-electron chi connectivity index (χ3n) is 6.16. The molecule has 218 valence electrons. The van der Waals surface area contributed by atoms with Crippen LogP contribution in [0.2, 0.25) is 10.0 Å². The van der Waals surface area contributed by atoms with Crippen molar-refractivity contribution in [2.75, 3.05) is 23.7 Å². The molecule has 3 aromatic rings. The molecule has 13 heteroatoms. The van der Waals surface area contributed by atoms with E-state index in [9.17, 15) is 28.1 Å². The Labute approximate surface area is 249 Å². The van der Waals surface area contributed by atoms with Gasteiger partial charge in [0.2, 0.25) is 21.8 Å². The number of nitro groups is 1. The van der Waals surface area contributed by atoms with E-state index in [1.54, 1.807) is 18.2 Å². The van der Waals surface area contributed by atoms with E-state index in [1.807, 2.05) is 37.3 Å². The lowest BCUT2D eigenvalue weighted by atomic mass is 10.0. The number of carbonyl (C=O) groups excluding carboxylic acids is 2. The molecule has 0 unspecified atom stereocenters. The fourth-order valence-corrected chi connectivity index (χ4v) is 5.29. The van der Waals surface area contributed by atoms with Crippen molar-refractivity contribution in [1.29, 1.82) is 0 Å². The maximum absolute atomic E-state index is 14.0. The number of rotatable bonds is 13. The van der Waals surface area contributed by atoms with Gasteiger partial charge in [0.25, 0.3) is 5.69 Å². The van der Waals surface area contributed by atoms with Crippen LogP contribution in [0.4, 0.5) is 11.4 Å². The van der Waals surface area contributed by atoms with Crippen LogP contribution in [0.5, 0.6) is 0 Å². The lowest BCUT2D eigenvalue weighted by molar-refractivity contribution is -0.384. The van der Waals surface area contributed by atoms with Crippen molar-refractivity contribution in [1.82, 2.24) is 10.2 Å². The zero-order valence-electron chi connectivity index (χ0n) is 22.5. The van der Waals surface area contributed by atoms with Crippen molar-refractivity contribution in [3.63, 3.8) is 0 Å². The van der Waals surface area contributed by atoms with Crippen molar-refractivity contribution in [3.05, 3.63) is 104 Å². The van der Waals surface area contributed by atoms with Gasteiger partial charge in [0.05, 0.1) is 26.9 Å². The summed E-state index contributed by atoms with van der Waals surface area (Å²) in [5.74, 6) is -1.11. The standard InChI is InChI=1S/C28H30Cl2N4O6S/c1-3-14-31-28(36)26(16-20-8-5-4-6-9-20)32(18-21-12-13-24(29)25(30)15-21)27(35)19-33(41(2,39)40)22-10-7-11-23(17-22)34(37)38/h4-13,15,17,26H,3,14,16,18-19H2,1-2H3,(H,31,36)/t26-/m0/s1. The molecular formula is C28H30Cl2N4O6S. The summed E-state index contributed by atoms with van der Waals surface area (Å²) in [6.45, 7) is 1.49. The molecule has 41 heavy (non-hydrogen) atoms. The minimum Gasteiger partial charge on any atom is -0.354 e. The second kappa shape index (κ2) is 14.3. The minimum atomic E-state index is -4.07. The molecule has 2 amide bonds. The fourth-order valence-electron chi connectivity index (χ4n) is 4.13.